The van der Waals surface area contributed by atoms with E-state index in [2.05, 4.69) is 4.98 Å². The minimum atomic E-state index is -0.486. The van der Waals surface area contributed by atoms with Gasteiger partial charge in [0.1, 0.15) is 5.82 Å². The molecule has 0 N–H and O–H groups in total. The third kappa shape index (κ3) is 2.11. The molecule has 1 aromatic heterocycles. The van der Waals surface area contributed by atoms with Gasteiger partial charge in [-0.3, -0.25) is 4.90 Å². The summed E-state index contributed by atoms with van der Waals surface area (Å²) in [5.41, 5.74) is 0.824. The summed E-state index contributed by atoms with van der Waals surface area (Å²) in [6, 6.07) is 0. The molecule has 18 heavy (non-hydrogen) atoms. The predicted octanol–water partition coefficient (Wildman–Crippen LogP) is 2.13. The maximum absolute atomic E-state index is 11.8. The highest BCUT2D eigenvalue weighted by Gasteiger charge is 2.30. The maximum atomic E-state index is 11.8. The number of carbonyl (C=O) groups is 1. The number of hydrogen-bond acceptors (Lipinski definition) is 4. The molecule has 0 spiro atoms. The van der Waals surface area contributed by atoms with Crippen LogP contribution >= 0.6 is 0 Å². The largest absolute Gasteiger partial charge is 0.449 e. The highest BCUT2D eigenvalue weighted by molar-refractivity contribution is 5.70. The molecule has 2 rings (SSSR count). The summed E-state index contributed by atoms with van der Waals surface area (Å²) in [7, 11) is 0. The minimum Gasteiger partial charge on any atom is -0.449 e. The molecule has 0 fully saturated rings. The Bertz CT molecular complexity index is 467. The van der Waals surface area contributed by atoms with Crippen molar-refractivity contribution in [3.63, 3.8) is 0 Å². The van der Waals surface area contributed by atoms with Gasteiger partial charge in [-0.15, -0.1) is 0 Å². The summed E-state index contributed by atoms with van der Waals surface area (Å²) in [6.07, 6.45) is 4.24. The van der Waals surface area contributed by atoms with Crippen molar-refractivity contribution in [3.05, 3.63) is 23.9 Å². The third-order valence-electron chi connectivity index (χ3n) is 2.70. The molecule has 0 saturated heterocycles. The SMILES string of the molecule is CCOC(=O)N1C=Cn2c(cnc2C)C1OCC. The van der Waals surface area contributed by atoms with Gasteiger partial charge in [0.2, 0.25) is 0 Å². The van der Waals surface area contributed by atoms with Crippen LogP contribution in [0.3, 0.4) is 0 Å². The zero-order valence-electron chi connectivity index (χ0n) is 10.8. The number of aromatic nitrogens is 2. The predicted molar refractivity (Wildman–Crippen MR) is 65.5 cm³/mol. The molecule has 0 radical (unpaired) electrons. The number of nitrogens with zero attached hydrogens (tertiary/aromatic N) is 3. The first-order valence-corrected chi connectivity index (χ1v) is 5.97. The van der Waals surface area contributed by atoms with E-state index in [0.29, 0.717) is 13.2 Å². The molecular weight excluding hydrogens is 234 g/mol. The first kappa shape index (κ1) is 12.6. The Morgan fingerprint density at radius 3 is 2.83 bits per heavy atom. The Kier molecular flexibility index (Phi) is 3.66. The average molecular weight is 251 g/mol. The van der Waals surface area contributed by atoms with Gasteiger partial charge in [-0.1, -0.05) is 0 Å². The Morgan fingerprint density at radius 1 is 1.39 bits per heavy atom. The first-order valence-electron chi connectivity index (χ1n) is 5.97. The fourth-order valence-electron chi connectivity index (χ4n) is 1.88. The summed E-state index contributed by atoms with van der Waals surface area (Å²) in [5, 5.41) is 0. The van der Waals surface area contributed by atoms with Crippen LogP contribution in [0.2, 0.25) is 0 Å². The molecule has 98 valence electrons. The van der Waals surface area contributed by atoms with Crippen LogP contribution in [0.4, 0.5) is 4.79 Å². The summed E-state index contributed by atoms with van der Waals surface area (Å²) < 4.78 is 12.5. The number of amides is 1. The number of carbonyl (C=O) groups excluding carboxylic acids is 1. The van der Waals surface area contributed by atoms with Gasteiger partial charge in [0.05, 0.1) is 18.5 Å². The Hall–Kier alpha value is -1.82. The van der Waals surface area contributed by atoms with Crippen LogP contribution < -0.4 is 0 Å². The molecular formula is C12H17N3O3. The molecule has 2 heterocycles. The van der Waals surface area contributed by atoms with E-state index in [9.17, 15) is 4.79 Å². The average Bonchev–Trinajstić information content (AvgIpc) is 2.73. The molecule has 1 aliphatic rings. The molecule has 1 unspecified atom stereocenters. The molecule has 1 aliphatic heterocycles. The van der Waals surface area contributed by atoms with E-state index < -0.39 is 12.3 Å². The van der Waals surface area contributed by atoms with Crippen LogP contribution in [-0.4, -0.2) is 33.8 Å². The smallest absolute Gasteiger partial charge is 0.416 e. The van der Waals surface area contributed by atoms with Gasteiger partial charge in [-0.05, 0) is 20.8 Å². The zero-order valence-corrected chi connectivity index (χ0v) is 10.8. The second kappa shape index (κ2) is 5.22. The van der Waals surface area contributed by atoms with Crippen LogP contribution in [0.25, 0.3) is 6.20 Å². The highest BCUT2D eigenvalue weighted by Crippen LogP contribution is 2.28. The third-order valence-corrected chi connectivity index (χ3v) is 2.70. The number of hydrogen-bond donors (Lipinski definition) is 0. The maximum Gasteiger partial charge on any atom is 0.416 e. The van der Waals surface area contributed by atoms with Crippen LogP contribution in [0.5, 0.6) is 0 Å². The number of aryl methyl sites for hydroxylation is 1. The van der Waals surface area contributed by atoms with Gasteiger partial charge in [0, 0.05) is 19.0 Å². The van der Waals surface area contributed by atoms with E-state index in [0.717, 1.165) is 11.5 Å². The van der Waals surface area contributed by atoms with Gasteiger partial charge >= 0.3 is 6.09 Å². The van der Waals surface area contributed by atoms with Gasteiger partial charge in [-0.25, -0.2) is 9.78 Å². The molecule has 6 heteroatoms. The second-order valence-electron chi connectivity index (χ2n) is 3.81. The lowest BCUT2D eigenvalue weighted by Crippen LogP contribution is -2.35. The van der Waals surface area contributed by atoms with E-state index in [1.54, 1.807) is 25.5 Å². The van der Waals surface area contributed by atoms with Crippen LogP contribution in [0, 0.1) is 6.92 Å². The van der Waals surface area contributed by atoms with Gasteiger partial charge < -0.3 is 14.0 Å². The topological polar surface area (TPSA) is 56.6 Å². The quantitative estimate of drug-likeness (QED) is 0.825. The molecule has 6 nitrogen and oxygen atoms in total. The van der Waals surface area contributed by atoms with Gasteiger partial charge in [-0.2, -0.15) is 0 Å². The molecule has 0 bridgehead atoms. The van der Waals surface area contributed by atoms with E-state index in [-0.39, 0.29) is 0 Å². The molecule has 1 aromatic rings. The Balaban J connectivity index is 2.31. The van der Waals surface area contributed by atoms with Crippen LogP contribution in [0.1, 0.15) is 31.6 Å². The summed E-state index contributed by atoms with van der Waals surface area (Å²) in [5.74, 6) is 0.856. The van der Waals surface area contributed by atoms with Crippen LogP contribution in [-0.2, 0) is 9.47 Å². The molecule has 0 saturated carbocycles. The van der Waals surface area contributed by atoms with Crippen molar-refractivity contribution < 1.29 is 14.3 Å². The Morgan fingerprint density at radius 2 is 2.17 bits per heavy atom. The lowest BCUT2D eigenvalue weighted by Gasteiger charge is -2.30. The molecule has 0 aliphatic carbocycles. The summed E-state index contributed by atoms with van der Waals surface area (Å²) in [4.78, 5) is 17.5. The van der Waals surface area contributed by atoms with Crippen molar-refractivity contribution in [2.75, 3.05) is 13.2 Å². The number of ether oxygens (including phenoxy) is 2. The standard InChI is InChI=1S/C12H17N3O3/c1-4-17-11-10-8-13-9(3)14(10)6-7-15(11)12(16)18-5-2/h6-8,11H,4-5H2,1-3H3. The molecule has 0 aromatic carbocycles. The number of rotatable bonds is 3. The minimum absolute atomic E-state index is 0.334. The van der Waals surface area contributed by atoms with Gasteiger partial charge in [0.25, 0.3) is 0 Å². The highest BCUT2D eigenvalue weighted by atomic mass is 16.6. The van der Waals surface area contributed by atoms with E-state index >= 15 is 0 Å². The second-order valence-corrected chi connectivity index (χ2v) is 3.81. The van der Waals surface area contributed by atoms with E-state index in [1.807, 2.05) is 18.4 Å². The summed E-state index contributed by atoms with van der Waals surface area (Å²) >= 11 is 0. The summed E-state index contributed by atoms with van der Waals surface area (Å²) in [6.45, 7) is 6.39. The molecule has 1 amide bonds. The van der Waals surface area contributed by atoms with Gasteiger partial charge in [0.15, 0.2) is 6.23 Å². The fourth-order valence-corrected chi connectivity index (χ4v) is 1.88. The lowest BCUT2D eigenvalue weighted by molar-refractivity contribution is -0.0357. The number of imidazole rings is 1. The monoisotopic (exact) mass is 251 g/mol. The zero-order chi connectivity index (χ0) is 13.1. The van der Waals surface area contributed by atoms with Crippen molar-refractivity contribution in [1.29, 1.82) is 0 Å². The van der Waals surface area contributed by atoms with E-state index in [4.69, 9.17) is 9.47 Å². The Labute approximate surface area is 106 Å². The molecule has 1 atom stereocenters. The van der Waals surface area contributed by atoms with Crippen LogP contribution in [0.15, 0.2) is 12.4 Å². The van der Waals surface area contributed by atoms with Crippen molar-refractivity contribution in [1.82, 2.24) is 14.5 Å². The lowest BCUT2D eigenvalue weighted by atomic mass is 10.3. The number of fused-ring (bicyclic) bond motifs is 1. The first-order chi connectivity index (χ1) is 8.69. The fraction of sp³-hybridized carbons (Fsp3) is 0.500. The van der Waals surface area contributed by atoms with Crippen molar-refractivity contribution in [2.45, 2.75) is 27.0 Å². The normalized spacial score (nSPS) is 17.7. The van der Waals surface area contributed by atoms with Crippen molar-refractivity contribution in [3.8, 4) is 0 Å². The van der Waals surface area contributed by atoms with E-state index in [1.165, 1.54) is 4.90 Å². The van der Waals surface area contributed by atoms with Crippen molar-refractivity contribution >= 4 is 12.3 Å². The van der Waals surface area contributed by atoms with Crippen molar-refractivity contribution in [2.24, 2.45) is 0 Å².